The van der Waals surface area contributed by atoms with Crippen molar-refractivity contribution in [1.29, 1.82) is 0 Å². The topological polar surface area (TPSA) is 12.0 Å². The Morgan fingerprint density at radius 3 is 2.65 bits per heavy atom. The van der Waals surface area contributed by atoms with Crippen LogP contribution in [0.5, 0.6) is 0 Å². The lowest BCUT2D eigenvalue weighted by Crippen LogP contribution is -2.25. The van der Waals surface area contributed by atoms with Crippen molar-refractivity contribution in [3.05, 3.63) is 30.3 Å². The molecule has 0 amide bonds. The van der Waals surface area contributed by atoms with E-state index in [1.165, 1.54) is 49.4 Å². The zero-order valence-corrected chi connectivity index (χ0v) is 11.6. The van der Waals surface area contributed by atoms with E-state index in [-0.39, 0.29) is 0 Å². The molecule has 0 aliphatic heterocycles. The third-order valence-electron chi connectivity index (χ3n) is 3.53. The van der Waals surface area contributed by atoms with Crippen molar-refractivity contribution < 1.29 is 0 Å². The van der Waals surface area contributed by atoms with Gasteiger partial charge in [0.25, 0.3) is 0 Å². The van der Waals surface area contributed by atoms with Gasteiger partial charge in [0, 0.05) is 11.4 Å². The van der Waals surface area contributed by atoms with Crippen LogP contribution in [0.4, 0.5) is 0 Å². The third kappa shape index (κ3) is 4.36. The largest absolute Gasteiger partial charge is 0.316 e. The van der Waals surface area contributed by atoms with Gasteiger partial charge < -0.3 is 5.32 Å². The van der Waals surface area contributed by atoms with Crippen molar-refractivity contribution in [3.63, 3.8) is 0 Å². The van der Waals surface area contributed by atoms with Gasteiger partial charge in [0.2, 0.25) is 0 Å². The van der Waals surface area contributed by atoms with E-state index in [1.54, 1.807) is 0 Å². The molecule has 0 unspecified atom stereocenters. The maximum Gasteiger partial charge on any atom is 0.00719 e. The van der Waals surface area contributed by atoms with Gasteiger partial charge in [-0.25, -0.2) is 0 Å². The van der Waals surface area contributed by atoms with Gasteiger partial charge in [-0.05, 0) is 55.5 Å². The molecular weight excluding hydrogens is 226 g/mol. The molecule has 1 fully saturated rings. The summed E-state index contributed by atoms with van der Waals surface area (Å²) >= 11 is 2.00. The van der Waals surface area contributed by atoms with E-state index >= 15 is 0 Å². The van der Waals surface area contributed by atoms with Gasteiger partial charge in [-0.15, -0.1) is 11.8 Å². The Hall–Kier alpha value is -0.470. The minimum atomic E-state index is 0.650. The molecule has 1 nitrogen and oxygen atoms in total. The summed E-state index contributed by atoms with van der Waals surface area (Å²) in [5.74, 6) is 1.26. The molecule has 0 heterocycles. The molecule has 1 aromatic rings. The number of benzene rings is 1. The van der Waals surface area contributed by atoms with E-state index in [1.807, 2.05) is 11.8 Å². The predicted molar refractivity (Wildman–Crippen MR) is 76.6 cm³/mol. The highest BCUT2D eigenvalue weighted by Gasteiger charge is 2.41. The van der Waals surface area contributed by atoms with Crippen LogP contribution in [0.25, 0.3) is 0 Å². The van der Waals surface area contributed by atoms with E-state index in [2.05, 4.69) is 42.6 Å². The van der Waals surface area contributed by atoms with E-state index in [0.717, 1.165) is 0 Å². The average molecular weight is 249 g/mol. The van der Waals surface area contributed by atoms with Gasteiger partial charge in [-0.2, -0.15) is 0 Å². The van der Waals surface area contributed by atoms with Crippen molar-refractivity contribution in [1.82, 2.24) is 5.32 Å². The Balaban J connectivity index is 1.65. The molecule has 0 aromatic heterocycles. The fraction of sp³-hybridized carbons (Fsp3) is 0.600. The molecule has 0 atom stereocenters. The number of hydrogen-bond acceptors (Lipinski definition) is 2. The molecule has 1 aromatic carbocycles. The van der Waals surface area contributed by atoms with Crippen LogP contribution in [-0.2, 0) is 0 Å². The van der Waals surface area contributed by atoms with Gasteiger partial charge in [-0.3, -0.25) is 0 Å². The van der Waals surface area contributed by atoms with Crippen molar-refractivity contribution in [3.8, 4) is 0 Å². The first-order valence-electron chi connectivity index (χ1n) is 6.73. The van der Waals surface area contributed by atoms with Crippen molar-refractivity contribution >= 4 is 11.8 Å². The maximum atomic E-state index is 3.58. The van der Waals surface area contributed by atoms with Crippen LogP contribution in [0.3, 0.4) is 0 Å². The van der Waals surface area contributed by atoms with E-state index in [9.17, 15) is 0 Å². The monoisotopic (exact) mass is 249 g/mol. The lowest BCUT2D eigenvalue weighted by Gasteiger charge is -2.15. The van der Waals surface area contributed by atoms with Crippen LogP contribution >= 0.6 is 11.8 Å². The number of hydrogen-bond donors (Lipinski definition) is 1. The molecule has 2 heteroatoms. The summed E-state index contributed by atoms with van der Waals surface area (Å²) in [5.41, 5.74) is 0.650. The van der Waals surface area contributed by atoms with Crippen molar-refractivity contribution in [2.24, 2.45) is 5.41 Å². The molecule has 1 N–H and O–H groups in total. The fourth-order valence-corrected chi connectivity index (χ4v) is 3.24. The Morgan fingerprint density at radius 1 is 1.24 bits per heavy atom. The Kier molecular flexibility index (Phi) is 4.93. The normalized spacial score (nSPS) is 17.0. The van der Waals surface area contributed by atoms with Gasteiger partial charge >= 0.3 is 0 Å². The highest BCUT2D eigenvalue weighted by atomic mass is 32.2. The summed E-state index contributed by atoms with van der Waals surface area (Å²) in [6.07, 6.45) is 5.47. The molecule has 1 saturated carbocycles. The molecule has 0 radical (unpaired) electrons. The zero-order valence-electron chi connectivity index (χ0n) is 10.7. The molecule has 2 rings (SSSR count). The highest BCUT2D eigenvalue weighted by molar-refractivity contribution is 7.99. The summed E-state index contributed by atoms with van der Waals surface area (Å²) < 4.78 is 0. The SMILES string of the molecule is CCCNCC1(CCSc2ccccc2)CC1. The summed E-state index contributed by atoms with van der Waals surface area (Å²) in [6, 6.07) is 10.7. The summed E-state index contributed by atoms with van der Waals surface area (Å²) in [6.45, 7) is 4.64. The first kappa shape index (κ1) is 13.0. The predicted octanol–water partition coefficient (Wildman–Crippen LogP) is 3.95. The first-order chi connectivity index (χ1) is 8.35. The van der Waals surface area contributed by atoms with Gasteiger partial charge in [0.1, 0.15) is 0 Å². The molecule has 94 valence electrons. The maximum absolute atomic E-state index is 3.58. The average Bonchev–Trinajstić information content (AvgIpc) is 3.11. The molecular formula is C15H23NS. The molecule has 17 heavy (non-hydrogen) atoms. The quantitative estimate of drug-likeness (QED) is 0.553. The van der Waals surface area contributed by atoms with E-state index in [4.69, 9.17) is 0 Å². The fourth-order valence-electron chi connectivity index (χ4n) is 2.12. The van der Waals surface area contributed by atoms with Crippen molar-refractivity contribution in [2.45, 2.75) is 37.5 Å². The number of rotatable bonds is 8. The minimum absolute atomic E-state index is 0.650. The first-order valence-corrected chi connectivity index (χ1v) is 7.72. The number of nitrogens with one attached hydrogen (secondary N) is 1. The smallest absolute Gasteiger partial charge is 0.00719 e. The summed E-state index contributed by atoms with van der Waals surface area (Å²) in [4.78, 5) is 1.41. The molecule has 0 spiro atoms. The van der Waals surface area contributed by atoms with E-state index in [0.29, 0.717) is 5.41 Å². The molecule has 1 aliphatic carbocycles. The number of thioether (sulfide) groups is 1. The Morgan fingerprint density at radius 2 is 2.00 bits per heavy atom. The molecule has 1 aliphatic rings. The van der Waals surface area contributed by atoms with Crippen LogP contribution in [0.1, 0.15) is 32.6 Å². The third-order valence-corrected chi connectivity index (χ3v) is 4.54. The van der Waals surface area contributed by atoms with Crippen LogP contribution < -0.4 is 5.32 Å². The minimum Gasteiger partial charge on any atom is -0.316 e. The Labute approximate surface area is 109 Å². The second-order valence-electron chi connectivity index (χ2n) is 5.09. The van der Waals surface area contributed by atoms with Crippen LogP contribution in [-0.4, -0.2) is 18.8 Å². The standard InChI is InChI=1S/C15H23NS/c1-2-11-16-13-15(8-9-15)10-12-17-14-6-4-3-5-7-14/h3-7,16H,2,8-13H2,1H3. The molecule has 0 bridgehead atoms. The van der Waals surface area contributed by atoms with Crippen LogP contribution in [0, 0.1) is 5.41 Å². The van der Waals surface area contributed by atoms with Crippen LogP contribution in [0.15, 0.2) is 35.2 Å². The Bertz CT molecular complexity index is 319. The lowest BCUT2D eigenvalue weighted by molar-refractivity contribution is 0.447. The van der Waals surface area contributed by atoms with Crippen molar-refractivity contribution in [2.75, 3.05) is 18.8 Å². The lowest BCUT2D eigenvalue weighted by atomic mass is 10.0. The summed E-state index contributed by atoms with van der Waals surface area (Å²) in [5, 5.41) is 3.58. The highest BCUT2D eigenvalue weighted by Crippen LogP contribution is 2.49. The summed E-state index contributed by atoms with van der Waals surface area (Å²) in [7, 11) is 0. The van der Waals surface area contributed by atoms with Gasteiger partial charge in [0.15, 0.2) is 0 Å². The molecule has 0 saturated heterocycles. The van der Waals surface area contributed by atoms with E-state index < -0.39 is 0 Å². The second kappa shape index (κ2) is 6.46. The second-order valence-corrected chi connectivity index (χ2v) is 6.26. The zero-order chi connectivity index (χ0) is 12.0. The van der Waals surface area contributed by atoms with Crippen LogP contribution in [0.2, 0.25) is 0 Å². The van der Waals surface area contributed by atoms with Gasteiger partial charge in [0.05, 0.1) is 0 Å². The van der Waals surface area contributed by atoms with Gasteiger partial charge in [-0.1, -0.05) is 25.1 Å².